The molecule has 4 aromatic rings. The minimum atomic E-state index is -1.01. The number of ether oxygens (including phenoxy) is 3. The lowest BCUT2D eigenvalue weighted by atomic mass is 10.1. The van der Waals surface area contributed by atoms with Crippen molar-refractivity contribution in [3.63, 3.8) is 0 Å². The number of carboxylic acids is 1. The van der Waals surface area contributed by atoms with Gasteiger partial charge in [-0.1, -0.05) is 23.7 Å². The number of nitrogens with zero attached hydrogens (tertiary/aromatic N) is 6. The SMILES string of the molecule is O=C(O)c1cc(OC2CC2)c2nc(CN3CCN(c4cccc(OCc5ccc(Cl)cc5F)n4)C=N3)n(C[C@@H]3CCO3)c2c1. The van der Waals surface area contributed by atoms with Crippen molar-refractivity contribution >= 4 is 40.8 Å². The predicted molar refractivity (Wildman–Crippen MR) is 161 cm³/mol. The predicted octanol–water partition coefficient (Wildman–Crippen LogP) is 5.10. The number of benzene rings is 2. The fourth-order valence-electron chi connectivity index (χ4n) is 5.14. The molecule has 1 saturated carbocycles. The minimum absolute atomic E-state index is 0.0234. The van der Waals surface area contributed by atoms with Gasteiger partial charge in [-0.2, -0.15) is 10.1 Å². The van der Waals surface area contributed by atoms with Crippen LogP contribution in [0.4, 0.5) is 10.2 Å². The van der Waals surface area contributed by atoms with E-state index in [4.69, 9.17) is 30.8 Å². The lowest BCUT2D eigenvalue weighted by Gasteiger charge is -2.30. The second-order valence-electron chi connectivity index (χ2n) is 11.1. The van der Waals surface area contributed by atoms with Crippen LogP contribution in [0.2, 0.25) is 5.02 Å². The van der Waals surface area contributed by atoms with E-state index in [1.54, 1.807) is 36.7 Å². The van der Waals surface area contributed by atoms with Crippen LogP contribution in [0, 0.1) is 5.82 Å². The first-order chi connectivity index (χ1) is 21.4. The molecule has 1 atom stereocenters. The summed E-state index contributed by atoms with van der Waals surface area (Å²) >= 11 is 5.84. The van der Waals surface area contributed by atoms with E-state index in [2.05, 4.69) is 10.1 Å². The third-order valence-electron chi connectivity index (χ3n) is 7.81. The Bertz CT molecular complexity index is 1740. The number of imidazole rings is 1. The minimum Gasteiger partial charge on any atom is -0.488 e. The molecular weight excluding hydrogens is 591 g/mol. The van der Waals surface area contributed by atoms with Crippen LogP contribution in [0.3, 0.4) is 0 Å². The van der Waals surface area contributed by atoms with Crippen LogP contribution in [0.25, 0.3) is 11.0 Å². The number of rotatable bonds is 11. The van der Waals surface area contributed by atoms with Crippen LogP contribution in [0.5, 0.6) is 11.6 Å². The molecule has 1 saturated heterocycles. The van der Waals surface area contributed by atoms with Crippen LogP contribution < -0.4 is 14.4 Å². The number of hydrogen-bond acceptors (Lipinski definition) is 9. The standard InChI is InChI=1S/C31H30ClFN6O5/c32-21-5-4-19(24(33)14-21)17-43-29-3-1-2-27(35-29)37-9-10-38(34-18-37)16-28-36-30-25(39(28)15-23-8-11-42-23)12-20(31(40)41)13-26(30)44-22-6-7-22/h1-5,12-14,18,22-23H,6-11,15-17H2,(H,40,41)/t23-/m0/s1. The summed E-state index contributed by atoms with van der Waals surface area (Å²) in [4.78, 5) is 23.4. The summed E-state index contributed by atoms with van der Waals surface area (Å²) in [7, 11) is 0. The summed E-state index contributed by atoms with van der Waals surface area (Å²) < 4.78 is 33.8. The van der Waals surface area contributed by atoms with Crippen molar-refractivity contribution in [3.05, 3.63) is 76.3 Å². The molecule has 0 bridgehead atoms. The number of aromatic nitrogens is 3. The van der Waals surface area contributed by atoms with Crippen LogP contribution in [0.15, 0.2) is 53.6 Å². The van der Waals surface area contributed by atoms with Gasteiger partial charge >= 0.3 is 5.97 Å². The van der Waals surface area contributed by atoms with Gasteiger partial charge in [-0.05, 0) is 49.6 Å². The van der Waals surface area contributed by atoms with Crippen molar-refractivity contribution in [2.45, 2.75) is 51.2 Å². The van der Waals surface area contributed by atoms with Gasteiger partial charge in [0.15, 0.2) is 0 Å². The zero-order chi connectivity index (χ0) is 30.2. The maximum atomic E-state index is 14.1. The third kappa shape index (κ3) is 6.13. The summed E-state index contributed by atoms with van der Waals surface area (Å²) in [6.07, 6.45) is 4.69. The van der Waals surface area contributed by atoms with Gasteiger partial charge < -0.3 is 28.8 Å². The smallest absolute Gasteiger partial charge is 0.335 e. The molecule has 228 valence electrons. The Labute approximate surface area is 257 Å². The average Bonchev–Trinajstić information content (AvgIpc) is 3.74. The van der Waals surface area contributed by atoms with E-state index in [0.717, 1.165) is 25.1 Å². The first kappa shape index (κ1) is 28.4. The second kappa shape index (κ2) is 11.9. The maximum Gasteiger partial charge on any atom is 0.335 e. The molecular formula is C31H30ClFN6O5. The Kier molecular flexibility index (Phi) is 7.69. The highest BCUT2D eigenvalue weighted by atomic mass is 35.5. The number of carboxylic acid groups (broad SMARTS) is 1. The number of pyridine rings is 1. The van der Waals surface area contributed by atoms with Gasteiger partial charge in [0, 0.05) is 29.8 Å². The molecule has 11 nitrogen and oxygen atoms in total. The fourth-order valence-corrected chi connectivity index (χ4v) is 5.30. The molecule has 3 aliphatic rings. The average molecular weight is 621 g/mol. The molecule has 2 fully saturated rings. The highest BCUT2D eigenvalue weighted by Crippen LogP contribution is 2.35. The highest BCUT2D eigenvalue weighted by Gasteiger charge is 2.29. The summed E-state index contributed by atoms with van der Waals surface area (Å²) in [6, 6.07) is 13.1. The Balaban J connectivity index is 1.09. The maximum absolute atomic E-state index is 14.1. The van der Waals surface area contributed by atoms with Gasteiger partial charge in [-0.15, -0.1) is 0 Å². The number of fused-ring (bicyclic) bond motifs is 1. The number of carbonyl (C=O) groups is 1. The van der Waals surface area contributed by atoms with E-state index in [-0.39, 0.29) is 24.4 Å². The van der Waals surface area contributed by atoms with Crippen LogP contribution in [-0.4, -0.2) is 68.9 Å². The first-order valence-electron chi connectivity index (χ1n) is 14.5. The second-order valence-corrected chi connectivity index (χ2v) is 11.5. The molecule has 44 heavy (non-hydrogen) atoms. The van der Waals surface area contributed by atoms with Crippen LogP contribution >= 0.6 is 11.6 Å². The molecule has 1 aliphatic carbocycles. The quantitative estimate of drug-likeness (QED) is 0.245. The first-order valence-corrected chi connectivity index (χ1v) is 14.9. The molecule has 2 aliphatic heterocycles. The summed E-state index contributed by atoms with van der Waals surface area (Å²) in [5, 5.41) is 16.7. The summed E-state index contributed by atoms with van der Waals surface area (Å²) in [6.45, 7) is 2.92. The number of hydrogen-bond donors (Lipinski definition) is 1. The molecule has 1 N–H and O–H groups in total. The number of halogens is 2. The molecule has 4 heterocycles. The largest absolute Gasteiger partial charge is 0.488 e. The zero-order valence-corrected chi connectivity index (χ0v) is 24.5. The van der Waals surface area contributed by atoms with Gasteiger partial charge in [0.1, 0.15) is 41.7 Å². The molecule has 7 rings (SSSR count). The molecule has 13 heteroatoms. The van der Waals surface area contributed by atoms with Crippen LogP contribution in [-0.2, 0) is 24.4 Å². The van der Waals surface area contributed by atoms with E-state index in [1.165, 1.54) is 6.07 Å². The molecule has 0 unspecified atom stereocenters. The molecule has 0 spiro atoms. The highest BCUT2D eigenvalue weighted by molar-refractivity contribution is 6.30. The zero-order valence-electron chi connectivity index (χ0n) is 23.7. The Hall–Kier alpha value is -4.42. The number of anilines is 1. The number of hydrazone groups is 1. The van der Waals surface area contributed by atoms with Crippen molar-refractivity contribution in [3.8, 4) is 11.6 Å². The van der Waals surface area contributed by atoms with E-state index in [1.807, 2.05) is 26.6 Å². The van der Waals surface area contributed by atoms with Crippen molar-refractivity contribution in [1.29, 1.82) is 0 Å². The molecule has 0 amide bonds. The topological polar surface area (TPSA) is 115 Å². The Morgan fingerprint density at radius 2 is 1.98 bits per heavy atom. The van der Waals surface area contributed by atoms with Gasteiger partial charge in [-0.25, -0.2) is 14.2 Å². The Morgan fingerprint density at radius 1 is 1.11 bits per heavy atom. The molecule has 0 radical (unpaired) electrons. The fraction of sp³-hybridized carbons (Fsp3) is 0.355. The van der Waals surface area contributed by atoms with E-state index in [9.17, 15) is 14.3 Å². The lowest BCUT2D eigenvalue weighted by molar-refractivity contribution is -0.0592. The molecule has 2 aromatic carbocycles. The normalized spacial score (nSPS) is 18.0. The van der Waals surface area contributed by atoms with E-state index in [0.29, 0.717) is 71.9 Å². The monoisotopic (exact) mass is 620 g/mol. The van der Waals surface area contributed by atoms with E-state index >= 15 is 0 Å². The van der Waals surface area contributed by atoms with E-state index < -0.39 is 11.8 Å². The summed E-state index contributed by atoms with van der Waals surface area (Å²) in [5.41, 5.74) is 1.92. The lowest BCUT2D eigenvalue weighted by Crippen LogP contribution is -2.38. The van der Waals surface area contributed by atoms with Gasteiger partial charge in [0.25, 0.3) is 0 Å². The van der Waals surface area contributed by atoms with Gasteiger partial charge in [0.05, 0.1) is 42.9 Å². The summed E-state index contributed by atoms with van der Waals surface area (Å²) in [5.74, 6) is 0.830. The molecule has 2 aromatic heterocycles. The van der Waals surface area contributed by atoms with Crippen LogP contribution in [0.1, 0.15) is 41.0 Å². The van der Waals surface area contributed by atoms with Crippen molar-refractivity contribution in [2.24, 2.45) is 5.10 Å². The van der Waals surface area contributed by atoms with Crippen molar-refractivity contribution < 1.29 is 28.5 Å². The van der Waals surface area contributed by atoms with Gasteiger partial charge in [0.2, 0.25) is 5.88 Å². The van der Waals surface area contributed by atoms with Crippen molar-refractivity contribution in [1.82, 2.24) is 19.5 Å². The van der Waals surface area contributed by atoms with Crippen molar-refractivity contribution in [2.75, 3.05) is 24.6 Å². The van der Waals surface area contributed by atoms with Gasteiger partial charge in [-0.3, -0.25) is 5.01 Å². The Morgan fingerprint density at radius 3 is 2.68 bits per heavy atom. The number of aromatic carboxylic acids is 1. The third-order valence-corrected chi connectivity index (χ3v) is 8.05.